The Morgan fingerprint density at radius 1 is 1.11 bits per heavy atom. The quantitative estimate of drug-likeness (QED) is 0.772. The van der Waals surface area contributed by atoms with Gasteiger partial charge in [0.05, 0.1) is 5.56 Å². The molecule has 3 aromatic rings. The van der Waals surface area contributed by atoms with Gasteiger partial charge in [0.1, 0.15) is 17.9 Å². The van der Waals surface area contributed by atoms with Crippen LogP contribution in [-0.2, 0) is 13.6 Å². The van der Waals surface area contributed by atoms with Crippen LogP contribution in [0.15, 0.2) is 60.7 Å². The van der Waals surface area contributed by atoms with Crippen LogP contribution >= 0.6 is 0 Å². The molecule has 4 rings (SSSR count). The van der Waals surface area contributed by atoms with Crippen LogP contribution in [0, 0.1) is 18.3 Å². The molecule has 2 heterocycles. The maximum absolute atomic E-state index is 13.3. The number of fused-ring (bicyclic) bond motifs is 1. The number of nitrogens with one attached hydrogen (secondary N) is 1. The van der Waals surface area contributed by atoms with Crippen molar-refractivity contribution >= 4 is 11.6 Å². The van der Waals surface area contributed by atoms with Gasteiger partial charge in [-0.2, -0.15) is 5.26 Å². The summed E-state index contributed by atoms with van der Waals surface area (Å²) in [5, 5.41) is 12.9. The van der Waals surface area contributed by atoms with Gasteiger partial charge < -0.3 is 14.8 Å². The second-order valence-corrected chi connectivity index (χ2v) is 6.75. The van der Waals surface area contributed by atoms with E-state index in [1.807, 2.05) is 84.1 Å². The Morgan fingerprint density at radius 3 is 2.52 bits per heavy atom. The van der Waals surface area contributed by atoms with E-state index >= 15 is 0 Å². The fourth-order valence-corrected chi connectivity index (χ4v) is 3.59. The van der Waals surface area contributed by atoms with E-state index in [4.69, 9.17) is 0 Å². The van der Waals surface area contributed by atoms with Gasteiger partial charge in [-0.25, -0.2) is 0 Å². The topological polar surface area (TPSA) is 61.1 Å². The number of rotatable bonds is 3. The normalized spacial score (nSPS) is 15.8. The lowest BCUT2D eigenvalue weighted by Gasteiger charge is -2.38. The van der Waals surface area contributed by atoms with Crippen molar-refractivity contribution in [1.29, 1.82) is 5.26 Å². The molecule has 1 aliphatic heterocycles. The second kappa shape index (κ2) is 6.65. The molecule has 0 radical (unpaired) electrons. The van der Waals surface area contributed by atoms with Gasteiger partial charge in [0.2, 0.25) is 0 Å². The highest BCUT2D eigenvalue weighted by Gasteiger charge is 2.34. The van der Waals surface area contributed by atoms with Crippen molar-refractivity contribution < 1.29 is 4.79 Å². The maximum atomic E-state index is 13.3. The van der Waals surface area contributed by atoms with Crippen molar-refractivity contribution in [1.82, 2.24) is 9.47 Å². The third kappa shape index (κ3) is 2.85. The largest absolute Gasteiger partial charge is 0.361 e. The highest BCUT2D eigenvalue weighted by atomic mass is 16.2. The van der Waals surface area contributed by atoms with Crippen molar-refractivity contribution in [3.8, 4) is 6.07 Å². The number of anilines is 1. The van der Waals surface area contributed by atoms with Gasteiger partial charge in [0.15, 0.2) is 0 Å². The first-order valence-corrected chi connectivity index (χ1v) is 8.87. The molecule has 5 heteroatoms. The van der Waals surface area contributed by atoms with E-state index in [0.717, 1.165) is 22.5 Å². The van der Waals surface area contributed by atoms with Crippen molar-refractivity contribution in [3.05, 3.63) is 88.7 Å². The Morgan fingerprint density at radius 2 is 1.81 bits per heavy atom. The van der Waals surface area contributed by atoms with E-state index in [2.05, 4.69) is 11.4 Å². The first-order valence-electron chi connectivity index (χ1n) is 8.87. The molecule has 1 aromatic heterocycles. The minimum Gasteiger partial charge on any atom is -0.361 e. The molecule has 0 unspecified atom stereocenters. The minimum atomic E-state index is -0.332. The van der Waals surface area contributed by atoms with Crippen LogP contribution in [0.5, 0.6) is 0 Å². The number of hydrogen-bond donors (Lipinski definition) is 1. The second-order valence-electron chi connectivity index (χ2n) is 6.75. The molecule has 0 aliphatic carbocycles. The van der Waals surface area contributed by atoms with Crippen LogP contribution in [0.3, 0.4) is 0 Å². The Labute approximate surface area is 158 Å². The molecule has 134 valence electrons. The van der Waals surface area contributed by atoms with Gasteiger partial charge in [0, 0.05) is 30.5 Å². The average Bonchev–Trinajstić information content (AvgIpc) is 2.99. The zero-order valence-corrected chi connectivity index (χ0v) is 15.3. The van der Waals surface area contributed by atoms with E-state index in [1.165, 1.54) is 0 Å². The number of carbonyl (C=O) groups excluding carboxylic acids is 1. The van der Waals surface area contributed by atoms with Crippen molar-refractivity contribution in [2.45, 2.75) is 19.6 Å². The Balaban J connectivity index is 1.82. The summed E-state index contributed by atoms with van der Waals surface area (Å²) in [7, 11) is 1.87. The zero-order valence-electron chi connectivity index (χ0n) is 15.3. The molecule has 1 atom stereocenters. The van der Waals surface area contributed by atoms with Crippen molar-refractivity contribution in [2.24, 2.45) is 7.05 Å². The molecule has 1 N–H and O–H groups in total. The first-order chi connectivity index (χ1) is 13.1. The fourth-order valence-electron chi connectivity index (χ4n) is 3.59. The highest BCUT2D eigenvalue weighted by molar-refractivity contribution is 6.01. The number of hydrogen-bond acceptors (Lipinski definition) is 3. The first kappa shape index (κ1) is 16.9. The van der Waals surface area contributed by atoms with Crippen molar-refractivity contribution in [2.75, 3.05) is 5.32 Å². The number of benzene rings is 2. The number of aromatic nitrogens is 1. The summed E-state index contributed by atoms with van der Waals surface area (Å²) in [6, 6.07) is 21.6. The lowest BCUT2D eigenvalue weighted by atomic mass is 10.0. The minimum absolute atomic E-state index is 0.0139. The number of amides is 1. The molecule has 27 heavy (non-hydrogen) atoms. The van der Waals surface area contributed by atoms with E-state index in [9.17, 15) is 10.1 Å². The molecule has 0 saturated carbocycles. The predicted octanol–water partition coefficient (Wildman–Crippen LogP) is 3.97. The maximum Gasteiger partial charge on any atom is 0.258 e. The molecular formula is C22H20N4O. The number of para-hydroxylation sites is 1. The number of carbonyl (C=O) groups is 1. The van der Waals surface area contributed by atoms with Gasteiger partial charge in [-0.3, -0.25) is 4.79 Å². The van der Waals surface area contributed by atoms with Gasteiger partial charge in [0.25, 0.3) is 5.91 Å². The van der Waals surface area contributed by atoms with Gasteiger partial charge >= 0.3 is 0 Å². The molecule has 0 fully saturated rings. The molecule has 1 aliphatic rings. The molecule has 0 saturated heterocycles. The Bertz CT molecular complexity index is 1050. The van der Waals surface area contributed by atoms with E-state index in [-0.39, 0.29) is 12.1 Å². The van der Waals surface area contributed by atoms with Gasteiger partial charge in [-0.1, -0.05) is 42.5 Å². The molecule has 2 aromatic carbocycles. The van der Waals surface area contributed by atoms with Gasteiger partial charge in [-0.15, -0.1) is 0 Å². The monoisotopic (exact) mass is 356 g/mol. The smallest absolute Gasteiger partial charge is 0.258 e. The van der Waals surface area contributed by atoms with E-state index in [0.29, 0.717) is 17.8 Å². The van der Waals surface area contributed by atoms with E-state index in [1.54, 1.807) is 0 Å². The average molecular weight is 356 g/mol. The molecule has 0 spiro atoms. The van der Waals surface area contributed by atoms with Crippen molar-refractivity contribution in [3.63, 3.8) is 0 Å². The number of nitriles is 1. The summed E-state index contributed by atoms with van der Waals surface area (Å²) in [6.07, 6.45) is -0.332. The lowest BCUT2D eigenvalue weighted by Crippen LogP contribution is -2.42. The highest BCUT2D eigenvalue weighted by Crippen LogP contribution is 2.36. The molecule has 1 amide bonds. The summed E-state index contributed by atoms with van der Waals surface area (Å²) in [5.41, 5.74) is 5.03. The van der Waals surface area contributed by atoms with Crippen LogP contribution in [0.25, 0.3) is 0 Å². The summed E-state index contributed by atoms with van der Waals surface area (Å²) < 4.78 is 1.86. The Hall–Kier alpha value is -3.52. The zero-order chi connectivity index (χ0) is 19.0. The van der Waals surface area contributed by atoms with Gasteiger partial charge in [-0.05, 0) is 30.7 Å². The summed E-state index contributed by atoms with van der Waals surface area (Å²) in [6.45, 7) is 2.46. The number of nitrogens with zero attached hydrogens (tertiary/aromatic N) is 3. The SMILES string of the molecule is Cc1c([C@@H]2Nc3ccccc3C(=O)N2Cc2ccccc2)cc(C#N)n1C. The fraction of sp³-hybridized carbons (Fsp3) is 0.182. The summed E-state index contributed by atoms with van der Waals surface area (Å²) >= 11 is 0. The van der Waals surface area contributed by atoms with E-state index < -0.39 is 0 Å². The molecular weight excluding hydrogens is 336 g/mol. The van der Waals surface area contributed by atoms with Crippen LogP contribution in [0.1, 0.15) is 39.0 Å². The molecule has 0 bridgehead atoms. The lowest BCUT2D eigenvalue weighted by molar-refractivity contribution is 0.0666. The Kier molecular flexibility index (Phi) is 4.17. The molecule has 5 nitrogen and oxygen atoms in total. The van der Waals surface area contributed by atoms with Crippen LogP contribution in [0.4, 0.5) is 5.69 Å². The predicted molar refractivity (Wildman–Crippen MR) is 104 cm³/mol. The summed E-state index contributed by atoms with van der Waals surface area (Å²) in [4.78, 5) is 15.1. The third-order valence-corrected chi connectivity index (χ3v) is 5.20. The standard InChI is InChI=1S/C22H20N4O/c1-15-19(12-17(13-23)25(15)2)21-24-20-11-7-6-10-18(20)22(27)26(21)14-16-8-4-3-5-9-16/h3-12,21,24H,14H2,1-2H3/t21-/m1/s1. The summed E-state index contributed by atoms with van der Waals surface area (Å²) in [5.74, 6) is -0.0139. The van der Waals surface area contributed by atoms with Crippen LogP contribution < -0.4 is 5.32 Å². The van der Waals surface area contributed by atoms with Crippen LogP contribution in [0.2, 0.25) is 0 Å². The third-order valence-electron chi connectivity index (χ3n) is 5.20. The van der Waals surface area contributed by atoms with Crippen LogP contribution in [-0.4, -0.2) is 15.4 Å².